The Labute approximate surface area is 129 Å². The van der Waals surface area contributed by atoms with Crippen LogP contribution in [-0.2, 0) is 4.74 Å². The number of aromatic nitrogens is 1. The van der Waals surface area contributed by atoms with Crippen molar-refractivity contribution in [1.29, 1.82) is 0 Å². The zero-order valence-corrected chi connectivity index (χ0v) is 12.9. The van der Waals surface area contributed by atoms with Gasteiger partial charge in [-0.05, 0) is 25.0 Å². The summed E-state index contributed by atoms with van der Waals surface area (Å²) in [5.41, 5.74) is 5.74. The van der Waals surface area contributed by atoms with Crippen molar-refractivity contribution in [3.8, 4) is 0 Å². The lowest BCUT2D eigenvalue weighted by atomic mass is 10.2. The molecule has 2 heterocycles. The van der Waals surface area contributed by atoms with Gasteiger partial charge in [-0.1, -0.05) is 6.07 Å². The quantitative estimate of drug-likeness (QED) is 0.413. The lowest BCUT2D eigenvalue weighted by Gasteiger charge is -2.10. The Kier molecular flexibility index (Phi) is 7.03. The average Bonchev–Trinajstić information content (AvgIpc) is 2.85. The standard InChI is InChI=1S/C12H18N4O2.HI/c13-12(16-11-3-1-2-6-14-11)15-7-9-4-5-10(8-17)18-9;/h1-3,6,9-10,17H,4-5,7-8H2,(H3,13,14,15,16);1H/t9-,10+;/m1./s1. The van der Waals surface area contributed by atoms with Gasteiger partial charge in [-0.2, -0.15) is 0 Å². The molecule has 19 heavy (non-hydrogen) atoms. The third-order valence-corrected chi connectivity index (χ3v) is 2.79. The highest BCUT2D eigenvalue weighted by Crippen LogP contribution is 2.19. The van der Waals surface area contributed by atoms with Crippen molar-refractivity contribution in [3.63, 3.8) is 0 Å². The van der Waals surface area contributed by atoms with E-state index >= 15 is 0 Å². The van der Waals surface area contributed by atoms with Crippen molar-refractivity contribution in [2.75, 3.05) is 18.5 Å². The number of rotatable bonds is 4. The van der Waals surface area contributed by atoms with E-state index in [0.717, 1.165) is 12.8 Å². The van der Waals surface area contributed by atoms with Gasteiger partial charge in [0.2, 0.25) is 0 Å². The molecule has 4 N–H and O–H groups in total. The van der Waals surface area contributed by atoms with Gasteiger partial charge in [-0.25, -0.2) is 4.98 Å². The smallest absolute Gasteiger partial charge is 0.194 e. The number of aliphatic hydroxyl groups is 1. The van der Waals surface area contributed by atoms with E-state index in [1.54, 1.807) is 6.20 Å². The Hall–Kier alpha value is -0.930. The summed E-state index contributed by atoms with van der Waals surface area (Å²) in [4.78, 5) is 8.29. The lowest BCUT2D eigenvalue weighted by Crippen LogP contribution is -2.25. The van der Waals surface area contributed by atoms with Gasteiger partial charge < -0.3 is 20.9 Å². The number of hydrogen-bond donors (Lipinski definition) is 3. The number of hydrogen-bond acceptors (Lipinski definition) is 4. The molecular formula is C12H19IN4O2. The van der Waals surface area contributed by atoms with Crippen molar-refractivity contribution < 1.29 is 9.84 Å². The van der Waals surface area contributed by atoms with Crippen LogP contribution in [0, 0.1) is 0 Å². The second-order valence-corrected chi connectivity index (χ2v) is 4.21. The largest absolute Gasteiger partial charge is 0.394 e. The molecule has 1 saturated heterocycles. The third kappa shape index (κ3) is 5.29. The van der Waals surface area contributed by atoms with Crippen molar-refractivity contribution in [3.05, 3.63) is 24.4 Å². The molecule has 0 aliphatic carbocycles. The average molecular weight is 378 g/mol. The number of pyridine rings is 1. The maximum absolute atomic E-state index is 8.95. The van der Waals surface area contributed by atoms with Gasteiger partial charge >= 0.3 is 0 Å². The Bertz CT molecular complexity index is 402. The highest BCUT2D eigenvalue weighted by molar-refractivity contribution is 14.0. The molecule has 1 aromatic heterocycles. The summed E-state index contributed by atoms with van der Waals surface area (Å²) in [5, 5.41) is 11.9. The molecular weight excluding hydrogens is 359 g/mol. The summed E-state index contributed by atoms with van der Waals surface area (Å²) in [6, 6.07) is 5.52. The van der Waals surface area contributed by atoms with Crippen molar-refractivity contribution >= 4 is 35.8 Å². The Balaban J connectivity index is 0.00000180. The van der Waals surface area contributed by atoms with Crippen LogP contribution in [0.2, 0.25) is 0 Å². The molecule has 0 spiro atoms. The molecule has 0 radical (unpaired) electrons. The van der Waals surface area contributed by atoms with E-state index < -0.39 is 0 Å². The maximum Gasteiger partial charge on any atom is 0.194 e. The summed E-state index contributed by atoms with van der Waals surface area (Å²) < 4.78 is 5.56. The number of nitrogens with one attached hydrogen (secondary N) is 1. The number of aliphatic imine (C=N–C) groups is 1. The molecule has 0 amide bonds. The summed E-state index contributed by atoms with van der Waals surface area (Å²) in [7, 11) is 0. The third-order valence-electron chi connectivity index (χ3n) is 2.79. The normalized spacial score (nSPS) is 22.9. The van der Waals surface area contributed by atoms with Gasteiger partial charge in [0.25, 0.3) is 0 Å². The molecule has 1 aromatic rings. The Morgan fingerprint density at radius 1 is 1.47 bits per heavy atom. The first kappa shape index (κ1) is 16.1. The molecule has 1 fully saturated rings. The minimum absolute atomic E-state index is 0. The molecule has 106 valence electrons. The van der Waals surface area contributed by atoms with Crippen LogP contribution in [0.4, 0.5) is 5.82 Å². The van der Waals surface area contributed by atoms with Gasteiger partial charge in [0.15, 0.2) is 5.96 Å². The van der Waals surface area contributed by atoms with E-state index in [1.165, 1.54) is 0 Å². The number of halogens is 1. The molecule has 0 bridgehead atoms. The van der Waals surface area contributed by atoms with Crippen LogP contribution in [0.3, 0.4) is 0 Å². The number of aliphatic hydroxyl groups excluding tert-OH is 1. The van der Waals surface area contributed by atoms with Gasteiger partial charge in [-0.3, -0.25) is 4.99 Å². The van der Waals surface area contributed by atoms with Crippen LogP contribution in [-0.4, -0.2) is 41.4 Å². The van der Waals surface area contributed by atoms with Gasteiger partial charge in [0.05, 0.1) is 25.4 Å². The van der Waals surface area contributed by atoms with Gasteiger partial charge in [-0.15, -0.1) is 24.0 Å². The second-order valence-electron chi connectivity index (χ2n) is 4.21. The fourth-order valence-electron chi connectivity index (χ4n) is 1.86. The van der Waals surface area contributed by atoms with Crippen LogP contribution in [0.1, 0.15) is 12.8 Å². The van der Waals surface area contributed by atoms with Crippen molar-refractivity contribution in [1.82, 2.24) is 4.98 Å². The molecule has 1 aliphatic rings. The van der Waals surface area contributed by atoms with Gasteiger partial charge in [0.1, 0.15) is 5.82 Å². The van der Waals surface area contributed by atoms with Gasteiger partial charge in [0, 0.05) is 6.20 Å². The van der Waals surface area contributed by atoms with E-state index in [4.69, 9.17) is 15.6 Å². The van der Waals surface area contributed by atoms with E-state index in [1.807, 2.05) is 18.2 Å². The number of anilines is 1. The van der Waals surface area contributed by atoms with Crippen molar-refractivity contribution in [2.45, 2.75) is 25.0 Å². The molecule has 0 aromatic carbocycles. The molecule has 6 nitrogen and oxygen atoms in total. The summed E-state index contributed by atoms with van der Waals surface area (Å²) in [6.45, 7) is 0.573. The molecule has 2 atom stereocenters. The minimum atomic E-state index is -0.0461. The Morgan fingerprint density at radius 3 is 2.89 bits per heavy atom. The number of nitrogens with two attached hydrogens (primary N) is 1. The van der Waals surface area contributed by atoms with E-state index in [9.17, 15) is 0 Å². The minimum Gasteiger partial charge on any atom is -0.394 e. The molecule has 2 rings (SSSR count). The monoisotopic (exact) mass is 378 g/mol. The van der Waals surface area contributed by atoms with E-state index in [0.29, 0.717) is 18.3 Å². The van der Waals surface area contributed by atoms with E-state index in [-0.39, 0.29) is 42.8 Å². The maximum atomic E-state index is 8.95. The predicted octanol–water partition coefficient (Wildman–Crippen LogP) is 0.966. The predicted molar refractivity (Wildman–Crippen MR) is 84.7 cm³/mol. The summed E-state index contributed by atoms with van der Waals surface area (Å²) in [6.07, 6.45) is 3.47. The molecule has 0 saturated carbocycles. The second kappa shape index (κ2) is 8.28. The fraction of sp³-hybridized carbons (Fsp3) is 0.500. The number of guanidine groups is 1. The SMILES string of the molecule is I.NC(=NC[C@H]1CC[C@@H](CO)O1)Nc1ccccn1. The first-order chi connectivity index (χ1) is 8.78. The topological polar surface area (TPSA) is 92.8 Å². The van der Waals surface area contributed by atoms with E-state index in [2.05, 4.69) is 15.3 Å². The number of nitrogens with zero attached hydrogens (tertiary/aromatic N) is 2. The highest BCUT2D eigenvalue weighted by Gasteiger charge is 2.24. The molecule has 1 aliphatic heterocycles. The van der Waals surface area contributed by atoms with Crippen molar-refractivity contribution in [2.24, 2.45) is 10.7 Å². The summed E-state index contributed by atoms with van der Waals surface area (Å²) in [5.74, 6) is 0.990. The first-order valence-corrected chi connectivity index (χ1v) is 6.02. The van der Waals surface area contributed by atoms with Crippen LogP contribution in [0.5, 0.6) is 0 Å². The molecule has 0 unspecified atom stereocenters. The highest BCUT2D eigenvalue weighted by atomic mass is 127. The fourth-order valence-corrected chi connectivity index (χ4v) is 1.86. The lowest BCUT2D eigenvalue weighted by molar-refractivity contribution is 0.0160. The van der Waals surface area contributed by atoms with Crippen LogP contribution in [0.15, 0.2) is 29.4 Å². The van der Waals surface area contributed by atoms with Crippen LogP contribution in [0.25, 0.3) is 0 Å². The molecule has 7 heteroatoms. The van der Waals surface area contributed by atoms with Crippen LogP contribution < -0.4 is 11.1 Å². The summed E-state index contributed by atoms with van der Waals surface area (Å²) >= 11 is 0. The zero-order chi connectivity index (χ0) is 12.8. The Morgan fingerprint density at radius 2 is 2.26 bits per heavy atom. The first-order valence-electron chi connectivity index (χ1n) is 6.02. The van der Waals surface area contributed by atoms with Crippen LogP contribution >= 0.6 is 24.0 Å². The zero-order valence-electron chi connectivity index (χ0n) is 10.5. The number of ether oxygens (including phenoxy) is 1.